The van der Waals surface area contributed by atoms with Crippen LogP contribution in [0.25, 0.3) is 0 Å². The van der Waals surface area contributed by atoms with Crippen LogP contribution >= 0.6 is 0 Å². The van der Waals surface area contributed by atoms with Gasteiger partial charge in [0.05, 0.1) is 6.61 Å². The molecule has 0 atom stereocenters. The molecule has 1 aliphatic rings. The minimum atomic E-state index is -0.789. The van der Waals surface area contributed by atoms with Gasteiger partial charge >= 0.3 is 5.97 Å². The molecule has 1 saturated heterocycles. The highest BCUT2D eigenvalue weighted by molar-refractivity contribution is 5.80. The van der Waals surface area contributed by atoms with Gasteiger partial charge in [-0.05, 0) is 24.8 Å². The highest BCUT2D eigenvalue weighted by Gasteiger charge is 2.38. The van der Waals surface area contributed by atoms with Crippen molar-refractivity contribution in [3.63, 3.8) is 0 Å². The molecule has 20 heavy (non-hydrogen) atoms. The van der Waals surface area contributed by atoms with E-state index in [0.29, 0.717) is 19.4 Å². The second-order valence-corrected chi connectivity index (χ2v) is 5.55. The lowest BCUT2D eigenvalue weighted by Crippen LogP contribution is -2.56. The van der Waals surface area contributed by atoms with Crippen molar-refractivity contribution in [2.45, 2.75) is 38.3 Å². The van der Waals surface area contributed by atoms with Gasteiger partial charge < -0.3 is 10.5 Å². The summed E-state index contributed by atoms with van der Waals surface area (Å²) in [5.41, 5.74) is 6.71. The Labute approximate surface area is 120 Å². The van der Waals surface area contributed by atoms with Crippen molar-refractivity contribution < 1.29 is 9.53 Å². The van der Waals surface area contributed by atoms with Crippen LogP contribution in [-0.4, -0.2) is 36.1 Å². The van der Waals surface area contributed by atoms with Crippen LogP contribution in [-0.2, 0) is 16.1 Å². The highest BCUT2D eigenvalue weighted by atomic mass is 16.5. The first-order valence-corrected chi connectivity index (χ1v) is 7.36. The van der Waals surface area contributed by atoms with Gasteiger partial charge in [0.15, 0.2) is 0 Å². The molecule has 0 unspecified atom stereocenters. The van der Waals surface area contributed by atoms with Gasteiger partial charge in [-0.2, -0.15) is 0 Å². The van der Waals surface area contributed by atoms with Gasteiger partial charge in [0.2, 0.25) is 0 Å². The molecule has 110 valence electrons. The number of esters is 1. The summed E-state index contributed by atoms with van der Waals surface area (Å²) in [6.45, 7) is 5.05. The molecule has 1 heterocycles. The van der Waals surface area contributed by atoms with Gasteiger partial charge in [-0.1, -0.05) is 37.3 Å². The molecule has 1 aliphatic heterocycles. The molecule has 4 nitrogen and oxygen atoms in total. The average molecular weight is 276 g/mol. The SMILES string of the molecule is CCCOC(=O)C1(N)CCN(Cc2ccccc2)CC1. The van der Waals surface area contributed by atoms with E-state index in [2.05, 4.69) is 29.2 Å². The Morgan fingerprint density at radius 3 is 2.55 bits per heavy atom. The van der Waals surface area contributed by atoms with Crippen molar-refractivity contribution in [1.29, 1.82) is 0 Å². The van der Waals surface area contributed by atoms with Crippen molar-refractivity contribution in [2.24, 2.45) is 5.73 Å². The number of ether oxygens (including phenoxy) is 1. The standard InChI is InChI=1S/C16H24N2O2/c1-2-12-20-15(19)16(17)8-10-18(11-9-16)13-14-6-4-3-5-7-14/h3-7H,2,8-13,17H2,1H3. The van der Waals surface area contributed by atoms with Gasteiger partial charge in [-0.15, -0.1) is 0 Å². The molecule has 0 saturated carbocycles. The van der Waals surface area contributed by atoms with Crippen molar-refractivity contribution in [1.82, 2.24) is 4.90 Å². The largest absolute Gasteiger partial charge is 0.464 e. The van der Waals surface area contributed by atoms with Crippen LogP contribution < -0.4 is 5.73 Å². The molecule has 1 aromatic rings. The van der Waals surface area contributed by atoms with Gasteiger partial charge in [0, 0.05) is 19.6 Å². The number of nitrogens with two attached hydrogens (primary N) is 1. The molecule has 0 aliphatic carbocycles. The molecular formula is C16H24N2O2. The Kier molecular flexibility index (Phi) is 5.15. The molecule has 4 heteroatoms. The maximum absolute atomic E-state index is 12.0. The fraction of sp³-hybridized carbons (Fsp3) is 0.562. The zero-order valence-electron chi connectivity index (χ0n) is 12.2. The van der Waals surface area contributed by atoms with Crippen LogP contribution in [0.2, 0.25) is 0 Å². The predicted molar refractivity (Wildman–Crippen MR) is 79.1 cm³/mol. The van der Waals surface area contributed by atoms with E-state index in [9.17, 15) is 4.79 Å². The Balaban J connectivity index is 1.84. The maximum atomic E-state index is 12.0. The Morgan fingerprint density at radius 1 is 1.30 bits per heavy atom. The number of piperidine rings is 1. The molecule has 0 amide bonds. The normalized spacial score (nSPS) is 18.7. The zero-order chi connectivity index (χ0) is 14.4. The van der Waals surface area contributed by atoms with E-state index >= 15 is 0 Å². The van der Waals surface area contributed by atoms with E-state index in [1.165, 1.54) is 5.56 Å². The summed E-state index contributed by atoms with van der Waals surface area (Å²) < 4.78 is 5.20. The van der Waals surface area contributed by atoms with Crippen LogP contribution in [0.1, 0.15) is 31.7 Å². The molecule has 0 bridgehead atoms. The molecule has 2 rings (SSSR count). The van der Waals surface area contributed by atoms with Crippen LogP contribution in [0.4, 0.5) is 0 Å². The van der Waals surface area contributed by atoms with Crippen molar-refractivity contribution in [2.75, 3.05) is 19.7 Å². The summed E-state index contributed by atoms with van der Waals surface area (Å²) in [5.74, 6) is -0.237. The number of rotatable bonds is 5. The van der Waals surface area contributed by atoms with Gasteiger partial charge in [0.1, 0.15) is 5.54 Å². The van der Waals surface area contributed by atoms with Crippen molar-refractivity contribution in [3.8, 4) is 0 Å². The summed E-state index contributed by atoms with van der Waals surface area (Å²) in [6.07, 6.45) is 2.17. The monoisotopic (exact) mass is 276 g/mol. The number of carbonyl (C=O) groups excluding carboxylic acids is 1. The lowest BCUT2D eigenvalue weighted by Gasteiger charge is -2.37. The Bertz CT molecular complexity index is 425. The first-order valence-electron chi connectivity index (χ1n) is 7.36. The summed E-state index contributed by atoms with van der Waals surface area (Å²) in [7, 11) is 0. The lowest BCUT2D eigenvalue weighted by atomic mass is 9.88. The molecule has 2 N–H and O–H groups in total. The molecule has 1 aromatic carbocycles. The fourth-order valence-corrected chi connectivity index (χ4v) is 2.49. The first kappa shape index (κ1) is 15.0. The van der Waals surface area contributed by atoms with E-state index in [1.807, 2.05) is 13.0 Å². The Morgan fingerprint density at radius 2 is 1.95 bits per heavy atom. The van der Waals surface area contributed by atoms with E-state index in [0.717, 1.165) is 26.1 Å². The van der Waals surface area contributed by atoms with Crippen molar-refractivity contribution in [3.05, 3.63) is 35.9 Å². The smallest absolute Gasteiger partial charge is 0.326 e. The fourth-order valence-electron chi connectivity index (χ4n) is 2.49. The van der Waals surface area contributed by atoms with Crippen LogP contribution in [0.15, 0.2) is 30.3 Å². The second kappa shape index (κ2) is 6.86. The average Bonchev–Trinajstić information content (AvgIpc) is 2.48. The van der Waals surface area contributed by atoms with Crippen LogP contribution in [0, 0.1) is 0 Å². The second-order valence-electron chi connectivity index (χ2n) is 5.55. The number of likely N-dealkylation sites (tertiary alicyclic amines) is 1. The Hall–Kier alpha value is -1.39. The van der Waals surface area contributed by atoms with Crippen molar-refractivity contribution >= 4 is 5.97 Å². The first-order chi connectivity index (χ1) is 9.64. The minimum Gasteiger partial charge on any atom is -0.464 e. The van der Waals surface area contributed by atoms with Crippen LogP contribution in [0.5, 0.6) is 0 Å². The molecule has 0 aromatic heterocycles. The van der Waals surface area contributed by atoms with E-state index in [1.54, 1.807) is 0 Å². The molecule has 0 spiro atoms. The van der Waals surface area contributed by atoms with Gasteiger partial charge in [0.25, 0.3) is 0 Å². The van der Waals surface area contributed by atoms with E-state index < -0.39 is 5.54 Å². The van der Waals surface area contributed by atoms with E-state index in [-0.39, 0.29) is 5.97 Å². The summed E-state index contributed by atoms with van der Waals surface area (Å²) in [4.78, 5) is 14.3. The summed E-state index contributed by atoms with van der Waals surface area (Å²) >= 11 is 0. The number of benzene rings is 1. The summed E-state index contributed by atoms with van der Waals surface area (Å²) in [6, 6.07) is 10.4. The third-order valence-corrected chi connectivity index (χ3v) is 3.84. The third-order valence-electron chi connectivity index (χ3n) is 3.84. The predicted octanol–water partition coefficient (Wildman–Crippen LogP) is 1.93. The molecular weight excluding hydrogens is 252 g/mol. The summed E-state index contributed by atoms with van der Waals surface area (Å²) in [5, 5.41) is 0. The quantitative estimate of drug-likeness (QED) is 0.835. The topological polar surface area (TPSA) is 55.6 Å². The number of carbonyl (C=O) groups is 1. The zero-order valence-corrected chi connectivity index (χ0v) is 12.2. The maximum Gasteiger partial charge on any atom is 0.326 e. The van der Waals surface area contributed by atoms with Gasteiger partial charge in [-0.3, -0.25) is 9.69 Å². The third kappa shape index (κ3) is 3.81. The van der Waals surface area contributed by atoms with E-state index in [4.69, 9.17) is 10.5 Å². The molecule has 1 fully saturated rings. The number of hydrogen-bond acceptors (Lipinski definition) is 4. The lowest BCUT2D eigenvalue weighted by molar-refractivity contribution is -0.152. The molecule has 0 radical (unpaired) electrons. The number of hydrogen-bond donors (Lipinski definition) is 1. The number of nitrogens with zero attached hydrogens (tertiary/aromatic N) is 1. The van der Waals surface area contributed by atoms with Crippen LogP contribution in [0.3, 0.4) is 0 Å². The highest BCUT2D eigenvalue weighted by Crippen LogP contribution is 2.22. The minimum absolute atomic E-state index is 0.237. The van der Waals surface area contributed by atoms with Gasteiger partial charge in [-0.25, -0.2) is 0 Å².